The van der Waals surface area contributed by atoms with Gasteiger partial charge in [-0.3, -0.25) is 23.7 Å². The monoisotopic (exact) mass is 535 g/mol. The molecule has 0 radical (unpaired) electrons. The summed E-state index contributed by atoms with van der Waals surface area (Å²) in [5.41, 5.74) is 4.62. The molecule has 1 aromatic heterocycles. The smallest absolute Gasteiger partial charge is 0.353 e. The van der Waals surface area contributed by atoms with Crippen LogP contribution in [0, 0.1) is 6.92 Å². The molecule has 2 heterocycles. The third kappa shape index (κ3) is 6.73. The second-order valence-corrected chi connectivity index (χ2v) is 10.2. The van der Waals surface area contributed by atoms with Gasteiger partial charge in [0.25, 0.3) is 5.91 Å². The molecule has 1 aliphatic rings. The third-order valence-corrected chi connectivity index (χ3v) is 6.88. The van der Waals surface area contributed by atoms with Crippen molar-refractivity contribution < 1.29 is 14.1 Å². The molecule has 2 amide bonds. The lowest BCUT2D eigenvalue weighted by Gasteiger charge is -2.32. The van der Waals surface area contributed by atoms with Crippen LogP contribution in [0.15, 0.2) is 51.8 Å². The Morgan fingerprint density at radius 3 is 2.38 bits per heavy atom. The standard InChI is InChI=1S/C28H37N7O4/c1-19(2)29-12-13-30-25(36)17-34(18-26(37)33(5)35-15-22-8-6-7-9-23(22)16-35)24-14-21(11-10-20(24)3)27-31-39-28(38)32(27)4/h6-11,14,19,29H,12-13,15-18H2,1-5H3,(H,30,36). The van der Waals surface area contributed by atoms with E-state index in [4.69, 9.17) is 4.52 Å². The molecule has 0 aliphatic carbocycles. The number of aryl methyl sites for hydroxylation is 1. The molecule has 4 rings (SSSR count). The van der Waals surface area contributed by atoms with Gasteiger partial charge in [0.1, 0.15) is 0 Å². The minimum atomic E-state index is -0.568. The van der Waals surface area contributed by atoms with Crippen molar-refractivity contribution in [3.05, 3.63) is 69.7 Å². The van der Waals surface area contributed by atoms with Gasteiger partial charge in [-0.05, 0) is 29.7 Å². The largest absolute Gasteiger partial charge is 0.441 e. The Morgan fingerprint density at radius 2 is 1.77 bits per heavy atom. The summed E-state index contributed by atoms with van der Waals surface area (Å²) in [4.78, 5) is 40.1. The van der Waals surface area contributed by atoms with E-state index in [1.165, 1.54) is 15.7 Å². The Kier molecular flexibility index (Phi) is 8.82. The number of amides is 2. The molecule has 2 aromatic carbocycles. The fourth-order valence-corrected chi connectivity index (χ4v) is 4.60. The summed E-state index contributed by atoms with van der Waals surface area (Å²) in [5, 5.41) is 13.7. The first-order valence-corrected chi connectivity index (χ1v) is 13.1. The van der Waals surface area contributed by atoms with Gasteiger partial charge in [0.05, 0.1) is 13.1 Å². The van der Waals surface area contributed by atoms with Crippen LogP contribution >= 0.6 is 0 Å². The maximum atomic E-state index is 13.5. The number of hydrogen-bond acceptors (Lipinski definition) is 8. The highest BCUT2D eigenvalue weighted by molar-refractivity contribution is 5.87. The SMILES string of the molecule is Cc1ccc(-c2noc(=O)n2C)cc1N(CC(=O)NCCNC(C)C)CC(=O)N(C)N1Cc2ccccc2C1. The molecule has 0 unspecified atom stereocenters. The number of benzene rings is 2. The quantitative estimate of drug-likeness (QED) is 0.356. The van der Waals surface area contributed by atoms with Gasteiger partial charge < -0.3 is 15.5 Å². The van der Waals surface area contributed by atoms with Gasteiger partial charge in [0, 0.05) is 57.6 Å². The molecule has 3 aromatic rings. The summed E-state index contributed by atoms with van der Waals surface area (Å²) in [6.07, 6.45) is 0. The van der Waals surface area contributed by atoms with E-state index in [1.807, 2.05) is 56.1 Å². The Morgan fingerprint density at radius 1 is 1.08 bits per heavy atom. The Bertz CT molecular complexity index is 1360. The van der Waals surface area contributed by atoms with Crippen LogP contribution in [0.1, 0.15) is 30.5 Å². The molecule has 208 valence electrons. The lowest BCUT2D eigenvalue weighted by molar-refractivity contribution is -0.145. The highest BCUT2D eigenvalue weighted by Gasteiger charge is 2.27. The maximum absolute atomic E-state index is 13.5. The molecule has 0 saturated heterocycles. The lowest BCUT2D eigenvalue weighted by atomic mass is 10.1. The average molecular weight is 536 g/mol. The predicted molar refractivity (Wildman–Crippen MR) is 149 cm³/mol. The van der Waals surface area contributed by atoms with Gasteiger partial charge in [-0.1, -0.05) is 55.4 Å². The van der Waals surface area contributed by atoms with Crippen LogP contribution in [0.4, 0.5) is 5.69 Å². The Hall–Kier alpha value is -3.96. The number of nitrogens with zero attached hydrogens (tertiary/aromatic N) is 5. The Labute approximate surface area is 228 Å². The van der Waals surface area contributed by atoms with Crippen molar-refractivity contribution in [2.45, 2.75) is 39.9 Å². The van der Waals surface area contributed by atoms with Crippen LogP contribution in [0.3, 0.4) is 0 Å². The van der Waals surface area contributed by atoms with Crippen LogP contribution in [0.2, 0.25) is 0 Å². The second-order valence-electron chi connectivity index (χ2n) is 10.2. The fourth-order valence-electron chi connectivity index (χ4n) is 4.60. The topological polar surface area (TPSA) is 116 Å². The number of hydrogen-bond donors (Lipinski definition) is 2. The minimum Gasteiger partial charge on any atom is -0.353 e. The summed E-state index contributed by atoms with van der Waals surface area (Å²) in [6.45, 7) is 8.42. The van der Waals surface area contributed by atoms with E-state index in [-0.39, 0.29) is 24.9 Å². The number of rotatable bonds is 11. The van der Waals surface area contributed by atoms with E-state index in [0.29, 0.717) is 49.3 Å². The van der Waals surface area contributed by atoms with Crippen molar-refractivity contribution in [2.24, 2.45) is 7.05 Å². The molecule has 0 fully saturated rings. The highest BCUT2D eigenvalue weighted by atomic mass is 16.5. The van der Waals surface area contributed by atoms with Gasteiger partial charge in [0.2, 0.25) is 5.91 Å². The first-order valence-electron chi connectivity index (χ1n) is 13.1. The zero-order valence-electron chi connectivity index (χ0n) is 23.2. The molecular weight excluding hydrogens is 498 g/mol. The number of fused-ring (bicyclic) bond motifs is 1. The summed E-state index contributed by atoms with van der Waals surface area (Å²) in [6, 6.07) is 14.0. The first-order chi connectivity index (χ1) is 18.6. The molecule has 39 heavy (non-hydrogen) atoms. The number of carbonyl (C=O) groups is 2. The molecule has 0 bridgehead atoms. The molecule has 11 heteroatoms. The second kappa shape index (κ2) is 12.3. The maximum Gasteiger partial charge on any atom is 0.441 e. The van der Waals surface area contributed by atoms with Crippen LogP contribution < -0.4 is 21.3 Å². The van der Waals surface area contributed by atoms with Crippen LogP contribution in [0.25, 0.3) is 11.4 Å². The van der Waals surface area contributed by atoms with Gasteiger partial charge in [0.15, 0.2) is 5.82 Å². The van der Waals surface area contributed by atoms with E-state index in [9.17, 15) is 14.4 Å². The van der Waals surface area contributed by atoms with Gasteiger partial charge in [-0.2, -0.15) is 0 Å². The van der Waals surface area contributed by atoms with Crippen molar-refractivity contribution >= 4 is 17.5 Å². The van der Waals surface area contributed by atoms with Crippen molar-refractivity contribution in [1.82, 2.24) is 30.4 Å². The summed E-state index contributed by atoms with van der Waals surface area (Å²) in [7, 11) is 3.34. The van der Waals surface area contributed by atoms with Crippen molar-refractivity contribution in [2.75, 3.05) is 38.1 Å². The summed E-state index contributed by atoms with van der Waals surface area (Å²) in [5.74, 6) is -0.538. The van der Waals surface area contributed by atoms with Crippen molar-refractivity contribution in [3.8, 4) is 11.4 Å². The fraction of sp³-hybridized carbons (Fsp3) is 0.429. The first kappa shape index (κ1) is 28.1. The summed E-state index contributed by atoms with van der Waals surface area (Å²) >= 11 is 0. The minimum absolute atomic E-state index is 0.0104. The number of nitrogens with one attached hydrogen (secondary N) is 2. The lowest BCUT2D eigenvalue weighted by Crippen LogP contribution is -2.48. The number of anilines is 1. The normalized spacial score (nSPS) is 13.0. The van der Waals surface area contributed by atoms with Gasteiger partial charge in [-0.25, -0.2) is 9.80 Å². The molecule has 0 spiro atoms. The van der Waals surface area contributed by atoms with Crippen LogP contribution in [-0.4, -0.2) is 70.8 Å². The molecule has 0 saturated carbocycles. The molecule has 11 nitrogen and oxygen atoms in total. The molecule has 2 N–H and O–H groups in total. The Balaban J connectivity index is 1.55. The molecule has 1 aliphatic heterocycles. The zero-order valence-corrected chi connectivity index (χ0v) is 23.2. The van der Waals surface area contributed by atoms with Crippen molar-refractivity contribution in [1.29, 1.82) is 0 Å². The van der Waals surface area contributed by atoms with Crippen LogP contribution in [0.5, 0.6) is 0 Å². The van der Waals surface area contributed by atoms with Gasteiger partial charge >= 0.3 is 5.76 Å². The van der Waals surface area contributed by atoms with Crippen LogP contribution in [-0.2, 0) is 29.7 Å². The number of carbonyl (C=O) groups excluding carboxylic acids is 2. The third-order valence-electron chi connectivity index (χ3n) is 6.88. The summed E-state index contributed by atoms with van der Waals surface area (Å²) < 4.78 is 6.12. The average Bonchev–Trinajstić information content (AvgIpc) is 3.49. The predicted octanol–water partition coefficient (Wildman–Crippen LogP) is 1.66. The molecular formula is C28H37N7O4. The van der Waals surface area contributed by atoms with Gasteiger partial charge in [-0.15, -0.1) is 0 Å². The van der Waals surface area contributed by atoms with E-state index < -0.39 is 5.76 Å². The number of hydrazine groups is 1. The van der Waals surface area contributed by atoms with E-state index in [1.54, 1.807) is 24.0 Å². The molecule has 0 atom stereocenters. The van der Waals surface area contributed by atoms with Crippen molar-refractivity contribution in [3.63, 3.8) is 0 Å². The number of likely N-dealkylation sites (N-methyl/N-ethyl adjacent to an activating group) is 1. The zero-order chi connectivity index (χ0) is 28.1. The van der Waals surface area contributed by atoms with E-state index >= 15 is 0 Å². The van der Waals surface area contributed by atoms with E-state index in [2.05, 4.69) is 27.9 Å². The number of aromatic nitrogens is 2. The van der Waals surface area contributed by atoms with E-state index in [0.717, 1.165) is 5.56 Å². The highest BCUT2D eigenvalue weighted by Crippen LogP contribution is 2.28.